The van der Waals surface area contributed by atoms with Gasteiger partial charge in [-0.3, -0.25) is 9.59 Å². The number of benzene rings is 1. The van der Waals surface area contributed by atoms with Crippen LogP contribution in [0, 0.1) is 0 Å². The summed E-state index contributed by atoms with van der Waals surface area (Å²) in [5.41, 5.74) is 1.83. The number of amides is 1. The molecule has 1 fully saturated rings. The summed E-state index contributed by atoms with van der Waals surface area (Å²) >= 11 is 1.57. The Hall–Kier alpha value is -1.53. The molecule has 1 unspecified atom stereocenters. The summed E-state index contributed by atoms with van der Waals surface area (Å²) in [4.78, 5) is 22.6. The number of carbonyl (C=O) groups is 2. The van der Waals surface area contributed by atoms with Crippen molar-refractivity contribution in [1.29, 1.82) is 0 Å². The first-order valence-corrected chi connectivity index (χ1v) is 8.61. The van der Waals surface area contributed by atoms with Crippen LogP contribution in [0.3, 0.4) is 0 Å². The van der Waals surface area contributed by atoms with Gasteiger partial charge in [-0.05, 0) is 37.0 Å². The van der Waals surface area contributed by atoms with Gasteiger partial charge in [-0.2, -0.15) is 11.8 Å². The van der Waals surface area contributed by atoms with E-state index < -0.39 is 5.97 Å². The minimum atomic E-state index is -0.777. The van der Waals surface area contributed by atoms with Crippen LogP contribution in [-0.2, 0) is 20.1 Å². The van der Waals surface area contributed by atoms with E-state index in [1.807, 2.05) is 24.3 Å². The number of anilines is 1. The van der Waals surface area contributed by atoms with Gasteiger partial charge in [0.1, 0.15) is 6.10 Å². The first kappa shape index (κ1) is 16.8. The molecule has 5 nitrogen and oxygen atoms in total. The van der Waals surface area contributed by atoms with Crippen LogP contribution in [0.1, 0.15) is 31.2 Å². The molecule has 0 saturated carbocycles. The van der Waals surface area contributed by atoms with Crippen molar-refractivity contribution < 1.29 is 19.4 Å². The van der Waals surface area contributed by atoms with Crippen LogP contribution in [-0.4, -0.2) is 35.4 Å². The largest absolute Gasteiger partial charge is 0.481 e. The molecule has 120 valence electrons. The summed E-state index contributed by atoms with van der Waals surface area (Å²) in [5.74, 6) is 0.454. The molecule has 0 aliphatic carbocycles. The fourth-order valence-corrected chi connectivity index (χ4v) is 3.14. The maximum atomic E-state index is 12.1. The van der Waals surface area contributed by atoms with Gasteiger partial charge in [-0.25, -0.2) is 0 Å². The van der Waals surface area contributed by atoms with E-state index in [0.717, 1.165) is 36.3 Å². The second-order valence-electron chi connectivity index (χ2n) is 5.24. The minimum Gasteiger partial charge on any atom is -0.481 e. The third kappa shape index (κ3) is 5.69. The molecule has 6 heteroatoms. The lowest BCUT2D eigenvalue weighted by molar-refractivity contribution is -0.136. The number of thioether (sulfide) groups is 1. The molecule has 1 atom stereocenters. The summed E-state index contributed by atoms with van der Waals surface area (Å²) < 4.78 is 5.47. The lowest BCUT2D eigenvalue weighted by Gasteiger charge is -2.21. The highest BCUT2D eigenvalue weighted by Crippen LogP contribution is 2.19. The second-order valence-corrected chi connectivity index (χ2v) is 6.35. The molecule has 2 rings (SSSR count). The number of nitrogens with one attached hydrogen (secondary N) is 1. The van der Waals surface area contributed by atoms with Crippen LogP contribution in [0.2, 0.25) is 0 Å². The fourth-order valence-electron chi connectivity index (χ4n) is 2.26. The molecule has 1 saturated heterocycles. The molecule has 1 aromatic rings. The van der Waals surface area contributed by atoms with Gasteiger partial charge >= 0.3 is 5.97 Å². The summed E-state index contributed by atoms with van der Waals surface area (Å²) in [6.07, 6.45) is 2.64. The third-order valence-electron chi connectivity index (χ3n) is 3.40. The highest BCUT2D eigenvalue weighted by molar-refractivity contribution is 7.98. The van der Waals surface area contributed by atoms with Crippen molar-refractivity contribution in [2.75, 3.05) is 17.7 Å². The van der Waals surface area contributed by atoms with Gasteiger partial charge in [0, 0.05) is 23.8 Å². The predicted molar refractivity (Wildman–Crippen MR) is 87.1 cm³/mol. The van der Waals surface area contributed by atoms with E-state index in [1.165, 1.54) is 0 Å². The van der Waals surface area contributed by atoms with Crippen molar-refractivity contribution in [3.63, 3.8) is 0 Å². The van der Waals surface area contributed by atoms with E-state index in [0.29, 0.717) is 12.4 Å². The number of rotatable bonds is 7. The van der Waals surface area contributed by atoms with E-state index in [-0.39, 0.29) is 18.4 Å². The van der Waals surface area contributed by atoms with Crippen LogP contribution in [0.5, 0.6) is 0 Å². The van der Waals surface area contributed by atoms with Crippen molar-refractivity contribution in [3.05, 3.63) is 29.8 Å². The van der Waals surface area contributed by atoms with E-state index >= 15 is 0 Å². The van der Waals surface area contributed by atoms with Crippen molar-refractivity contribution >= 4 is 29.3 Å². The van der Waals surface area contributed by atoms with Crippen LogP contribution < -0.4 is 5.32 Å². The number of ether oxygens (including phenoxy) is 1. The quantitative estimate of drug-likeness (QED) is 0.755. The highest BCUT2D eigenvalue weighted by Gasteiger charge is 2.21. The van der Waals surface area contributed by atoms with Crippen molar-refractivity contribution in [3.8, 4) is 0 Å². The highest BCUT2D eigenvalue weighted by atomic mass is 32.2. The van der Waals surface area contributed by atoms with Gasteiger partial charge in [0.2, 0.25) is 0 Å². The molecule has 2 N–H and O–H groups in total. The summed E-state index contributed by atoms with van der Waals surface area (Å²) in [7, 11) is 0. The Labute approximate surface area is 134 Å². The van der Waals surface area contributed by atoms with Gasteiger partial charge in [-0.15, -0.1) is 0 Å². The Morgan fingerprint density at radius 3 is 2.95 bits per heavy atom. The van der Waals surface area contributed by atoms with Crippen LogP contribution in [0.25, 0.3) is 0 Å². The average Bonchev–Trinajstić information content (AvgIpc) is 2.52. The Kier molecular flexibility index (Phi) is 6.74. The van der Waals surface area contributed by atoms with Gasteiger partial charge in [0.05, 0.1) is 6.42 Å². The Bertz CT molecular complexity index is 515. The van der Waals surface area contributed by atoms with Crippen LogP contribution in [0.15, 0.2) is 24.3 Å². The van der Waals surface area contributed by atoms with E-state index in [2.05, 4.69) is 5.32 Å². The van der Waals surface area contributed by atoms with Crippen molar-refractivity contribution in [1.82, 2.24) is 0 Å². The van der Waals surface area contributed by atoms with Crippen molar-refractivity contribution in [2.45, 2.75) is 37.5 Å². The number of hydrogen-bond donors (Lipinski definition) is 2. The first-order valence-electron chi connectivity index (χ1n) is 7.46. The minimum absolute atomic E-state index is 0.0876. The lowest BCUT2D eigenvalue weighted by Crippen LogP contribution is -2.33. The normalized spacial score (nSPS) is 17.9. The molecule has 1 aromatic carbocycles. The fraction of sp³-hybridized carbons (Fsp3) is 0.500. The number of carbonyl (C=O) groups excluding carboxylic acids is 1. The third-order valence-corrected chi connectivity index (χ3v) is 4.43. The molecule has 1 heterocycles. The molecule has 0 aromatic heterocycles. The van der Waals surface area contributed by atoms with Crippen LogP contribution >= 0.6 is 11.8 Å². The molecule has 0 bridgehead atoms. The molecular formula is C16H21NO4S. The van der Waals surface area contributed by atoms with Crippen molar-refractivity contribution in [2.24, 2.45) is 0 Å². The van der Waals surface area contributed by atoms with Gasteiger partial charge < -0.3 is 15.2 Å². The second kappa shape index (κ2) is 8.80. The molecule has 1 aliphatic rings. The Morgan fingerprint density at radius 2 is 2.23 bits per heavy atom. The standard InChI is InChI=1S/C16H21NO4S/c18-15(19)7-9-22-11-12-4-3-5-13(10-12)17-16(20)14-6-1-2-8-21-14/h3-5,10,14H,1-2,6-9,11H2,(H,17,20)(H,18,19). The number of carboxylic acids is 1. The van der Waals surface area contributed by atoms with Gasteiger partial charge in [-0.1, -0.05) is 12.1 Å². The SMILES string of the molecule is O=C(O)CCSCc1cccc(NC(=O)C2CCCCO2)c1. The zero-order valence-electron chi connectivity index (χ0n) is 12.4. The molecule has 0 radical (unpaired) electrons. The maximum absolute atomic E-state index is 12.1. The molecule has 1 aliphatic heterocycles. The molecule has 22 heavy (non-hydrogen) atoms. The lowest BCUT2D eigenvalue weighted by atomic mass is 10.1. The predicted octanol–water partition coefficient (Wildman–Crippen LogP) is 2.90. The van der Waals surface area contributed by atoms with E-state index in [1.54, 1.807) is 11.8 Å². The zero-order valence-corrected chi connectivity index (χ0v) is 13.2. The monoisotopic (exact) mass is 323 g/mol. The Balaban J connectivity index is 1.82. The smallest absolute Gasteiger partial charge is 0.304 e. The van der Waals surface area contributed by atoms with E-state index in [4.69, 9.17) is 9.84 Å². The number of carboxylic acid groups (broad SMARTS) is 1. The van der Waals surface area contributed by atoms with Gasteiger partial charge in [0.15, 0.2) is 0 Å². The maximum Gasteiger partial charge on any atom is 0.304 e. The van der Waals surface area contributed by atoms with E-state index in [9.17, 15) is 9.59 Å². The molecule has 0 spiro atoms. The summed E-state index contributed by atoms with van der Waals surface area (Å²) in [6.45, 7) is 0.651. The Morgan fingerprint density at radius 1 is 1.36 bits per heavy atom. The number of aliphatic carboxylic acids is 1. The molecule has 1 amide bonds. The summed E-state index contributed by atoms with van der Waals surface area (Å²) in [5, 5.41) is 11.5. The number of hydrogen-bond acceptors (Lipinski definition) is 4. The van der Waals surface area contributed by atoms with Gasteiger partial charge in [0.25, 0.3) is 5.91 Å². The molecular weight excluding hydrogens is 302 g/mol. The summed E-state index contributed by atoms with van der Waals surface area (Å²) in [6, 6.07) is 7.64. The zero-order chi connectivity index (χ0) is 15.8. The van der Waals surface area contributed by atoms with Crippen LogP contribution in [0.4, 0.5) is 5.69 Å². The average molecular weight is 323 g/mol. The topological polar surface area (TPSA) is 75.6 Å². The first-order chi connectivity index (χ1) is 10.6.